The van der Waals surface area contributed by atoms with Gasteiger partial charge in [-0.05, 0) is 25.8 Å². The maximum Gasteiger partial charge on any atom is 0.225 e. The van der Waals surface area contributed by atoms with Crippen molar-refractivity contribution in [2.45, 2.75) is 20.3 Å². The second-order valence-electron chi connectivity index (χ2n) is 4.07. The topological polar surface area (TPSA) is 47.0 Å². The summed E-state index contributed by atoms with van der Waals surface area (Å²) in [5, 5.41) is 4.66. The number of hydrogen-bond donors (Lipinski definition) is 1. The van der Waals surface area contributed by atoms with Gasteiger partial charge in [-0.3, -0.25) is 0 Å². The summed E-state index contributed by atoms with van der Waals surface area (Å²) in [6.07, 6.45) is 0.915. The zero-order valence-electron chi connectivity index (χ0n) is 10.7. The monoisotopic (exact) mass is 285 g/mol. The number of rotatable bonds is 5. The van der Waals surface area contributed by atoms with E-state index >= 15 is 0 Å². The van der Waals surface area contributed by atoms with Crippen molar-refractivity contribution in [1.82, 2.24) is 9.97 Å². The molecular formula is C12H16ClN3OS. The van der Waals surface area contributed by atoms with Crippen LogP contribution in [0.1, 0.15) is 16.9 Å². The fraction of sp³-hybridized carbons (Fsp3) is 0.500. The molecule has 2 heterocycles. The van der Waals surface area contributed by atoms with Crippen molar-refractivity contribution in [2.75, 3.05) is 25.6 Å². The summed E-state index contributed by atoms with van der Waals surface area (Å²) in [7, 11) is 1.69. The highest BCUT2D eigenvalue weighted by Gasteiger charge is 2.12. The number of aryl methyl sites for hydroxylation is 2. The Bertz CT molecular complexity index is 556. The van der Waals surface area contributed by atoms with Gasteiger partial charge >= 0.3 is 0 Å². The normalized spacial score (nSPS) is 11.1. The van der Waals surface area contributed by atoms with Gasteiger partial charge in [-0.25, -0.2) is 9.97 Å². The van der Waals surface area contributed by atoms with Crippen molar-refractivity contribution in [2.24, 2.45) is 0 Å². The number of anilines is 1. The maximum atomic E-state index is 6.21. The van der Waals surface area contributed by atoms with Crippen LogP contribution in [0.15, 0.2) is 0 Å². The summed E-state index contributed by atoms with van der Waals surface area (Å²) in [5.41, 5.74) is 1.17. The van der Waals surface area contributed by atoms with Crippen molar-refractivity contribution in [3.8, 4) is 0 Å². The molecule has 6 heteroatoms. The van der Waals surface area contributed by atoms with E-state index < -0.39 is 0 Å². The van der Waals surface area contributed by atoms with E-state index in [-0.39, 0.29) is 0 Å². The fourth-order valence-corrected chi connectivity index (χ4v) is 3.09. The molecule has 18 heavy (non-hydrogen) atoms. The summed E-state index contributed by atoms with van der Waals surface area (Å²) < 4.78 is 4.99. The minimum absolute atomic E-state index is 0.524. The molecule has 4 nitrogen and oxygen atoms in total. The van der Waals surface area contributed by atoms with Gasteiger partial charge in [-0.15, -0.1) is 11.3 Å². The first kappa shape index (κ1) is 13.5. The largest absolute Gasteiger partial charge is 0.385 e. The molecule has 0 amide bonds. The molecule has 0 spiro atoms. The van der Waals surface area contributed by atoms with Gasteiger partial charge in [0, 0.05) is 25.1 Å². The molecular weight excluding hydrogens is 270 g/mol. The van der Waals surface area contributed by atoms with Crippen molar-refractivity contribution in [1.29, 1.82) is 0 Å². The highest BCUT2D eigenvalue weighted by molar-refractivity contribution is 7.18. The van der Waals surface area contributed by atoms with Crippen LogP contribution in [-0.2, 0) is 4.74 Å². The lowest BCUT2D eigenvalue weighted by atomic mass is 10.2. The van der Waals surface area contributed by atoms with Gasteiger partial charge in [0.2, 0.25) is 5.95 Å². The van der Waals surface area contributed by atoms with Gasteiger partial charge in [0.15, 0.2) is 0 Å². The molecule has 0 unspecified atom stereocenters. The predicted octanol–water partition coefficient (Wildman–Crippen LogP) is 3.41. The molecule has 0 aliphatic rings. The lowest BCUT2D eigenvalue weighted by Gasteiger charge is -2.05. The second-order valence-corrected chi connectivity index (χ2v) is 5.64. The quantitative estimate of drug-likeness (QED) is 0.675. The van der Waals surface area contributed by atoms with Crippen LogP contribution in [0, 0.1) is 13.8 Å². The van der Waals surface area contributed by atoms with E-state index in [4.69, 9.17) is 16.3 Å². The first-order valence-electron chi connectivity index (χ1n) is 5.79. The Balaban J connectivity index is 2.21. The van der Waals surface area contributed by atoms with Gasteiger partial charge in [0.25, 0.3) is 0 Å². The Morgan fingerprint density at radius 2 is 2.11 bits per heavy atom. The lowest BCUT2D eigenvalue weighted by Crippen LogP contribution is -2.07. The Morgan fingerprint density at radius 1 is 1.33 bits per heavy atom. The van der Waals surface area contributed by atoms with Gasteiger partial charge in [-0.1, -0.05) is 11.6 Å². The molecule has 98 valence electrons. The van der Waals surface area contributed by atoms with Crippen molar-refractivity contribution < 1.29 is 4.74 Å². The van der Waals surface area contributed by atoms with E-state index in [1.165, 1.54) is 10.4 Å². The highest BCUT2D eigenvalue weighted by Crippen LogP contribution is 2.33. The molecule has 0 aromatic carbocycles. The van der Waals surface area contributed by atoms with Gasteiger partial charge in [-0.2, -0.15) is 0 Å². The van der Waals surface area contributed by atoms with E-state index in [1.54, 1.807) is 18.4 Å². The van der Waals surface area contributed by atoms with Crippen LogP contribution < -0.4 is 5.32 Å². The smallest absolute Gasteiger partial charge is 0.225 e. The third kappa shape index (κ3) is 2.74. The van der Waals surface area contributed by atoms with Crippen LogP contribution in [0.25, 0.3) is 10.2 Å². The lowest BCUT2D eigenvalue weighted by molar-refractivity contribution is 0.197. The fourth-order valence-electron chi connectivity index (χ4n) is 1.70. The molecule has 0 fully saturated rings. The van der Waals surface area contributed by atoms with Crippen LogP contribution in [0.3, 0.4) is 0 Å². The Labute approximate surface area is 115 Å². The zero-order valence-corrected chi connectivity index (χ0v) is 12.3. The van der Waals surface area contributed by atoms with Crippen molar-refractivity contribution >= 4 is 39.1 Å². The molecule has 0 saturated carbocycles. The first-order chi connectivity index (χ1) is 8.63. The molecule has 0 aliphatic carbocycles. The summed E-state index contributed by atoms with van der Waals surface area (Å²) >= 11 is 7.86. The standard InChI is InChI=1S/C12H16ClN3OS/c1-7-8(2)18-11-9(7)10(13)15-12(16-11)14-5-4-6-17-3/h4-6H2,1-3H3,(H,14,15,16). The molecule has 2 aromatic heterocycles. The third-order valence-corrected chi connectivity index (χ3v) is 4.17. The molecule has 2 rings (SSSR count). The number of ether oxygens (including phenoxy) is 1. The van der Waals surface area contributed by atoms with Crippen LogP contribution in [0.4, 0.5) is 5.95 Å². The summed E-state index contributed by atoms with van der Waals surface area (Å²) in [6, 6.07) is 0. The molecule has 1 N–H and O–H groups in total. The van der Waals surface area contributed by atoms with Crippen LogP contribution in [-0.4, -0.2) is 30.2 Å². The molecule has 0 atom stereocenters. The number of fused-ring (bicyclic) bond motifs is 1. The van der Waals surface area contributed by atoms with Crippen molar-refractivity contribution in [3.63, 3.8) is 0 Å². The van der Waals surface area contributed by atoms with E-state index in [0.29, 0.717) is 11.1 Å². The summed E-state index contributed by atoms with van der Waals surface area (Å²) in [4.78, 5) is 10.9. The number of hydrogen-bond acceptors (Lipinski definition) is 5. The van der Waals surface area contributed by atoms with E-state index in [2.05, 4.69) is 29.1 Å². The average molecular weight is 286 g/mol. The maximum absolute atomic E-state index is 6.21. The minimum atomic E-state index is 0.524. The number of methoxy groups -OCH3 is 1. The molecule has 0 saturated heterocycles. The van der Waals surface area contributed by atoms with Crippen LogP contribution >= 0.6 is 22.9 Å². The molecule has 0 aliphatic heterocycles. The van der Waals surface area contributed by atoms with E-state index in [9.17, 15) is 0 Å². The number of aromatic nitrogens is 2. The van der Waals surface area contributed by atoms with E-state index in [0.717, 1.165) is 29.8 Å². The molecule has 2 aromatic rings. The second kappa shape index (κ2) is 5.82. The zero-order chi connectivity index (χ0) is 13.1. The first-order valence-corrected chi connectivity index (χ1v) is 6.99. The van der Waals surface area contributed by atoms with Gasteiger partial charge in [0.05, 0.1) is 5.39 Å². The number of nitrogens with one attached hydrogen (secondary N) is 1. The summed E-state index contributed by atoms with van der Waals surface area (Å²) in [5.74, 6) is 0.588. The Hall–Kier alpha value is -0.910. The molecule has 0 radical (unpaired) electrons. The van der Waals surface area contributed by atoms with E-state index in [1.807, 2.05) is 0 Å². The number of thiophene rings is 1. The van der Waals surface area contributed by atoms with Gasteiger partial charge < -0.3 is 10.1 Å². The summed E-state index contributed by atoms with van der Waals surface area (Å²) in [6.45, 7) is 5.62. The third-order valence-electron chi connectivity index (χ3n) is 2.79. The van der Waals surface area contributed by atoms with Crippen LogP contribution in [0.5, 0.6) is 0 Å². The van der Waals surface area contributed by atoms with Crippen molar-refractivity contribution in [3.05, 3.63) is 15.6 Å². The minimum Gasteiger partial charge on any atom is -0.385 e. The van der Waals surface area contributed by atoms with Gasteiger partial charge in [0.1, 0.15) is 9.98 Å². The number of nitrogens with zero attached hydrogens (tertiary/aromatic N) is 2. The number of halogens is 1. The predicted molar refractivity (Wildman–Crippen MR) is 76.9 cm³/mol. The average Bonchev–Trinajstić information content (AvgIpc) is 2.61. The molecule has 0 bridgehead atoms. The van der Waals surface area contributed by atoms with Crippen LogP contribution in [0.2, 0.25) is 5.15 Å². The highest BCUT2D eigenvalue weighted by atomic mass is 35.5. The Kier molecular flexibility index (Phi) is 4.37. The Morgan fingerprint density at radius 3 is 2.83 bits per heavy atom. The SMILES string of the molecule is COCCCNc1nc(Cl)c2c(C)c(C)sc2n1.